The molecule has 2 atom stereocenters. The molecule has 0 bridgehead atoms. The fourth-order valence-corrected chi connectivity index (χ4v) is 4.92. The van der Waals surface area contributed by atoms with E-state index in [1.54, 1.807) is 6.92 Å². The summed E-state index contributed by atoms with van der Waals surface area (Å²) in [6.07, 6.45) is 5.02. The minimum absolute atomic E-state index is 0.00203. The maximum atomic E-state index is 13.6. The quantitative estimate of drug-likeness (QED) is 0.111. The first kappa shape index (κ1) is 33.8. The molecule has 236 valence electrons. The highest BCUT2D eigenvalue weighted by Gasteiger charge is 2.32. The molecule has 0 spiro atoms. The van der Waals surface area contributed by atoms with E-state index in [1.165, 1.54) is 18.2 Å². The van der Waals surface area contributed by atoms with Gasteiger partial charge in [0.05, 0.1) is 24.7 Å². The highest BCUT2D eigenvalue weighted by molar-refractivity contribution is 6.38. The van der Waals surface area contributed by atoms with Crippen molar-refractivity contribution >= 4 is 35.2 Å². The van der Waals surface area contributed by atoms with Crippen molar-refractivity contribution in [3.8, 4) is 0 Å². The standard InChI is InChI=1S/C31H38N4O9/c1-2-44-27(36)18-32-31(40)28(37)26(20-43-19-22-12-7-4-8-13-22)34-30(39)25(16-21-10-5-3-6-11-21)33-29(38)23-14-9-15-24(17-23)35(41)42/h4,7-9,12-15,17,21,25-26H,2-3,5-6,10-11,16,18-20H2,1H3,(H,32,40)(H,33,38)(H,34,39)/t25-,26?/m1/s1. The molecule has 1 aliphatic carbocycles. The number of ether oxygens (including phenoxy) is 2. The lowest BCUT2D eigenvalue weighted by molar-refractivity contribution is -0.384. The molecule has 2 aromatic carbocycles. The molecule has 0 aromatic heterocycles. The normalized spacial score (nSPS) is 14.5. The highest BCUT2D eigenvalue weighted by atomic mass is 16.6. The Balaban J connectivity index is 1.77. The Hall–Kier alpha value is -4.65. The summed E-state index contributed by atoms with van der Waals surface area (Å²) in [5.41, 5.74) is 0.523. The lowest BCUT2D eigenvalue weighted by atomic mass is 9.84. The van der Waals surface area contributed by atoms with Crippen LogP contribution >= 0.6 is 0 Å². The predicted molar refractivity (Wildman–Crippen MR) is 158 cm³/mol. The average Bonchev–Trinajstić information content (AvgIpc) is 3.03. The molecule has 0 aliphatic heterocycles. The molecule has 13 nitrogen and oxygen atoms in total. The van der Waals surface area contributed by atoms with E-state index in [9.17, 15) is 34.1 Å². The minimum Gasteiger partial charge on any atom is -0.465 e. The maximum absolute atomic E-state index is 13.6. The Morgan fingerprint density at radius 1 is 0.955 bits per heavy atom. The molecule has 3 N–H and O–H groups in total. The molecule has 1 fully saturated rings. The second kappa shape index (κ2) is 17.5. The van der Waals surface area contributed by atoms with Crippen molar-refractivity contribution in [2.24, 2.45) is 5.92 Å². The van der Waals surface area contributed by atoms with Gasteiger partial charge in [-0.1, -0.05) is 68.5 Å². The van der Waals surface area contributed by atoms with Gasteiger partial charge in [-0.25, -0.2) is 0 Å². The number of carbonyl (C=O) groups excluding carboxylic acids is 5. The number of amides is 3. The zero-order valence-corrected chi connectivity index (χ0v) is 24.6. The summed E-state index contributed by atoms with van der Waals surface area (Å²) in [6, 6.07) is 11.7. The number of esters is 1. The van der Waals surface area contributed by atoms with Gasteiger partial charge in [-0.3, -0.25) is 34.1 Å². The number of hydrogen-bond donors (Lipinski definition) is 3. The van der Waals surface area contributed by atoms with E-state index in [2.05, 4.69) is 16.0 Å². The zero-order valence-electron chi connectivity index (χ0n) is 24.6. The molecule has 0 radical (unpaired) electrons. The Kier molecular flexibility index (Phi) is 13.4. The number of hydrogen-bond acceptors (Lipinski definition) is 9. The van der Waals surface area contributed by atoms with Gasteiger partial charge in [0.15, 0.2) is 0 Å². The van der Waals surface area contributed by atoms with Crippen LogP contribution in [0.3, 0.4) is 0 Å². The van der Waals surface area contributed by atoms with Crippen molar-refractivity contribution in [1.29, 1.82) is 0 Å². The van der Waals surface area contributed by atoms with Gasteiger partial charge < -0.3 is 25.4 Å². The number of nitrogens with zero attached hydrogens (tertiary/aromatic N) is 1. The van der Waals surface area contributed by atoms with Gasteiger partial charge in [0.1, 0.15) is 18.6 Å². The third kappa shape index (κ3) is 10.9. The van der Waals surface area contributed by atoms with Gasteiger partial charge in [0, 0.05) is 17.7 Å². The largest absolute Gasteiger partial charge is 0.465 e. The first-order valence-electron chi connectivity index (χ1n) is 14.6. The third-order valence-electron chi connectivity index (χ3n) is 7.19. The molecule has 1 aliphatic rings. The third-order valence-corrected chi connectivity index (χ3v) is 7.19. The fraction of sp³-hybridized carbons (Fsp3) is 0.452. The topological polar surface area (TPSA) is 183 Å². The van der Waals surface area contributed by atoms with Gasteiger partial charge in [-0.05, 0) is 30.9 Å². The number of rotatable bonds is 16. The molecule has 0 heterocycles. The predicted octanol–water partition coefficient (Wildman–Crippen LogP) is 2.61. The average molecular weight is 611 g/mol. The van der Waals surface area contributed by atoms with Crippen LogP contribution in [0, 0.1) is 16.0 Å². The maximum Gasteiger partial charge on any atom is 0.325 e. The van der Waals surface area contributed by atoms with E-state index in [0.29, 0.717) is 0 Å². The molecule has 1 unspecified atom stereocenters. The second-order valence-electron chi connectivity index (χ2n) is 10.5. The van der Waals surface area contributed by atoms with Crippen LogP contribution in [0.5, 0.6) is 0 Å². The van der Waals surface area contributed by atoms with E-state index < -0.39 is 53.0 Å². The summed E-state index contributed by atoms with van der Waals surface area (Å²) in [5, 5.41) is 18.6. The van der Waals surface area contributed by atoms with Crippen LogP contribution < -0.4 is 16.0 Å². The Morgan fingerprint density at radius 3 is 2.36 bits per heavy atom. The smallest absolute Gasteiger partial charge is 0.325 e. The van der Waals surface area contributed by atoms with Crippen LogP contribution in [0.4, 0.5) is 5.69 Å². The second-order valence-corrected chi connectivity index (χ2v) is 10.5. The summed E-state index contributed by atoms with van der Waals surface area (Å²) < 4.78 is 10.4. The molecule has 3 amide bonds. The van der Waals surface area contributed by atoms with E-state index in [-0.39, 0.29) is 43.4 Å². The number of ketones is 1. The van der Waals surface area contributed by atoms with Crippen LogP contribution in [0.25, 0.3) is 0 Å². The number of carbonyl (C=O) groups is 5. The highest BCUT2D eigenvalue weighted by Crippen LogP contribution is 2.27. The summed E-state index contributed by atoms with van der Waals surface area (Å²) >= 11 is 0. The summed E-state index contributed by atoms with van der Waals surface area (Å²) in [4.78, 5) is 74.8. The zero-order chi connectivity index (χ0) is 31.9. The van der Waals surface area contributed by atoms with Gasteiger partial charge in [0.2, 0.25) is 11.7 Å². The van der Waals surface area contributed by atoms with E-state index in [0.717, 1.165) is 43.7 Å². The van der Waals surface area contributed by atoms with Crippen LogP contribution in [0.15, 0.2) is 54.6 Å². The van der Waals surface area contributed by atoms with Crippen LogP contribution in [-0.4, -0.2) is 66.2 Å². The van der Waals surface area contributed by atoms with Crippen molar-refractivity contribution in [2.45, 2.75) is 64.1 Å². The molecule has 13 heteroatoms. The molecule has 0 saturated heterocycles. The summed E-state index contributed by atoms with van der Waals surface area (Å²) in [7, 11) is 0. The number of non-ortho nitro benzene ring substituents is 1. The number of nitrogens with one attached hydrogen (secondary N) is 3. The molecular weight excluding hydrogens is 572 g/mol. The summed E-state index contributed by atoms with van der Waals surface area (Å²) in [5.74, 6) is -4.17. The first-order valence-corrected chi connectivity index (χ1v) is 14.6. The van der Waals surface area contributed by atoms with Crippen molar-refractivity contribution in [3.63, 3.8) is 0 Å². The Morgan fingerprint density at radius 2 is 1.68 bits per heavy atom. The SMILES string of the molecule is CCOC(=O)CNC(=O)C(=O)C(COCc1ccccc1)NC(=O)[C@@H](CC1CCCCC1)NC(=O)c1cccc([N+](=O)[O-])c1. The lowest BCUT2D eigenvalue weighted by Gasteiger charge is -2.28. The van der Waals surface area contributed by atoms with Gasteiger partial charge in [0.25, 0.3) is 17.5 Å². The van der Waals surface area contributed by atoms with Gasteiger partial charge in [-0.2, -0.15) is 0 Å². The van der Waals surface area contributed by atoms with Crippen LogP contribution in [-0.2, 0) is 35.3 Å². The van der Waals surface area contributed by atoms with E-state index in [1.807, 2.05) is 30.3 Å². The van der Waals surface area contributed by atoms with Gasteiger partial charge in [-0.15, -0.1) is 0 Å². The van der Waals surface area contributed by atoms with E-state index in [4.69, 9.17) is 9.47 Å². The van der Waals surface area contributed by atoms with Crippen LogP contribution in [0.1, 0.15) is 61.4 Å². The number of Topliss-reactive ketones (excluding diaryl/α,β-unsaturated/α-hetero) is 1. The van der Waals surface area contributed by atoms with Crippen molar-refractivity contribution in [1.82, 2.24) is 16.0 Å². The molecule has 1 saturated carbocycles. The number of nitro benzene ring substituents is 1. The van der Waals surface area contributed by atoms with Crippen molar-refractivity contribution in [3.05, 3.63) is 75.8 Å². The van der Waals surface area contributed by atoms with Gasteiger partial charge >= 0.3 is 5.97 Å². The van der Waals surface area contributed by atoms with E-state index >= 15 is 0 Å². The van der Waals surface area contributed by atoms with Crippen molar-refractivity contribution in [2.75, 3.05) is 19.8 Å². The molecular formula is C31H38N4O9. The monoisotopic (exact) mass is 610 g/mol. The van der Waals surface area contributed by atoms with Crippen molar-refractivity contribution < 1.29 is 38.4 Å². The molecule has 3 rings (SSSR count). The fourth-order valence-electron chi connectivity index (χ4n) is 4.92. The summed E-state index contributed by atoms with van der Waals surface area (Å²) in [6.45, 7) is 0.899. The molecule has 2 aromatic rings. The first-order chi connectivity index (χ1) is 21.2. The minimum atomic E-state index is -1.43. The molecule has 44 heavy (non-hydrogen) atoms. The Labute approximate surface area is 255 Å². The Bertz CT molecular complexity index is 1310. The van der Waals surface area contributed by atoms with Crippen LogP contribution in [0.2, 0.25) is 0 Å². The lowest BCUT2D eigenvalue weighted by Crippen LogP contribution is -2.56. The number of nitro groups is 1. The number of benzene rings is 2.